The Hall–Kier alpha value is -3.53. The summed E-state index contributed by atoms with van der Waals surface area (Å²) in [4.78, 5) is 29.2. The Kier molecular flexibility index (Phi) is 8.25. The topological polar surface area (TPSA) is 92.6 Å². The van der Waals surface area contributed by atoms with E-state index in [4.69, 9.17) is 4.74 Å². The highest BCUT2D eigenvalue weighted by Gasteiger charge is 2.22. The van der Waals surface area contributed by atoms with Crippen LogP contribution in [0.5, 0.6) is 5.75 Å². The molecule has 9 nitrogen and oxygen atoms in total. The van der Waals surface area contributed by atoms with Crippen LogP contribution in [0.25, 0.3) is 0 Å². The van der Waals surface area contributed by atoms with Crippen LogP contribution in [-0.2, 0) is 29.6 Å². The molecule has 0 saturated carbocycles. The number of nitrogens with zero attached hydrogens (tertiary/aromatic N) is 5. The number of carbonyl (C=O) groups is 2. The molecular weight excluding hydrogens is 464 g/mol. The molecule has 1 aliphatic rings. The first kappa shape index (κ1) is 24.6. The Bertz CT molecular complexity index is 1130. The van der Waals surface area contributed by atoms with E-state index >= 15 is 0 Å². The minimum atomic E-state index is -0.0998. The molecule has 1 aliphatic heterocycles. The molecule has 0 atom stereocenters. The number of carbonyl (C=O) groups excluding carboxylic acids is 2. The molecule has 2 amide bonds. The van der Waals surface area contributed by atoms with E-state index in [-0.39, 0.29) is 24.8 Å². The summed E-state index contributed by atoms with van der Waals surface area (Å²) in [5.41, 5.74) is 2.09. The fourth-order valence-corrected chi connectivity index (χ4v) is 4.70. The normalized spacial score (nSPS) is 13.5. The van der Waals surface area contributed by atoms with Crippen molar-refractivity contribution in [1.82, 2.24) is 25.0 Å². The van der Waals surface area contributed by atoms with Crippen LogP contribution in [-0.4, -0.2) is 70.5 Å². The molecule has 1 fully saturated rings. The Morgan fingerprint density at radius 3 is 2.40 bits per heavy atom. The molecule has 0 bridgehead atoms. The molecule has 2 heterocycles. The van der Waals surface area contributed by atoms with E-state index in [0.717, 1.165) is 24.4 Å². The van der Waals surface area contributed by atoms with E-state index in [1.54, 1.807) is 7.11 Å². The molecule has 4 rings (SSSR count). The minimum Gasteiger partial charge on any atom is -0.497 e. The zero-order chi connectivity index (χ0) is 24.6. The predicted molar refractivity (Wildman–Crippen MR) is 136 cm³/mol. The minimum absolute atomic E-state index is 0.0973. The highest BCUT2D eigenvalue weighted by atomic mass is 32.2. The second-order valence-corrected chi connectivity index (χ2v) is 9.19. The number of para-hydroxylation sites is 1. The van der Waals surface area contributed by atoms with Crippen LogP contribution in [0.1, 0.15) is 11.4 Å². The molecular formula is C25H30N6O3S. The molecule has 3 aromatic rings. The quantitative estimate of drug-likeness (QED) is 0.456. The molecule has 0 spiro atoms. The maximum Gasteiger partial charge on any atom is 0.233 e. The number of ether oxygens (including phenoxy) is 1. The smallest absolute Gasteiger partial charge is 0.233 e. The zero-order valence-corrected chi connectivity index (χ0v) is 20.8. The van der Waals surface area contributed by atoms with E-state index in [9.17, 15) is 9.59 Å². The second kappa shape index (κ2) is 11.7. The van der Waals surface area contributed by atoms with Crippen LogP contribution in [0, 0.1) is 0 Å². The number of hydrogen-bond donors (Lipinski definition) is 1. The third-order valence-electron chi connectivity index (χ3n) is 5.97. The van der Waals surface area contributed by atoms with E-state index in [1.165, 1.54) is 17.4 Å². The lowest BCUT2D eigenvalue weighted by Crippen LogP contribution is -2.49. The molecule has 1 aromatic heterocycles. The molecule has 2 aromatic carbocycles. The highest BCUT2D eigenvalue weighted by Crippen LogP contribution is 2.19. The van der Waals surface area contributed by atoms with Crippen molar-refractivity contribution >= 4 is 29.3 Å². The largest absolute Gasteiger partial charge is 0.497 e. The van der Waals surface area contributed by atoms with Crippen molar-refractivity contribution in [1.29, 1.82) is 0 Å². The average Bonchev–Trinajstić information content (AvgIpc) is 3.26. The number of rotatable bonds is 9. The van der Waals surface area contributed by atoms with Gasteiger partial charge in [0.25, 0.3) is 0 Å². The number of piperazine rings is 1. The summed E-state index contributed by atoms with van der Waals surface area (Å²) < 4.78 is 6.96. The third-order valence-corrected chi connectivity index (χ3v) is 6.98. The van der Waals surface area contributed by atoms with Crippen molar-refractivity contribution in [2.24, 2.45) is 7.05 Å². The number of nitrogens with one attached hydrogen (secondary N) is 1. The van der Waals surface area contributed by atoms with Gasteiger partial charge in [-0.1, -0.05) is 42.1 Å². The molecule has 0 unspecified atom stereocenters. The monoisotopic (exact) mass is 494 g/mol. The molecule has 1 N–H and O–H groups in total. The molecule has 1 saturated heterocycles. The van der Waals surface area contributed by atoms with Crippen molar-refractivity contribution in [3.63, 3.8) is 0 Å². The van der Waals surface area contributed by atoms with E-state index < -0.39 is 0 Å². The van der Waals surface area contributed by atoms with Gasteiger partial charge in [-0.05, 0) is 29.8 Å². The summed E-state index contributed by atoms with van der Waals surface area (Å²) in [5, 5.41) is 11.9. The Morgan fingerprint density at radius 1 is 1.00 bits per heavy atom. The average molecular weight is 495 g/mol. The lowest BCUT2D eigenvalue weighted by Gasteiger charge is -2.36. The van der Waals surface area contributed by atoms with E-state index in [1.807, 2.05) is 59.0 Å². The van der Waals surface area contributed by atoms with E-state index in [0.29, 0.717) is 29.8 Å². The number of hydrogen-bond acceptors (Lipinski definition) is 7. The molecule has 10 heteroatoms. The molecule has 0 radical (unpaired) electrons. The summed E-state index contributed by atoms with van der Waals surface area (Å²) in [7, 11) is 3.45. The first-order valence-electron chi connectivity index (χ1n) is 11.5. The van der Waals surface area contributed by atoms with Crippen molar-refractivity contribution in [2.45, 2.75) is 18.1 Å². The van der Waals surface area contributed by atoms with Crippen molar-refractivity contribution in [2.75, 3.05) is 43.9 Å². The van der Waals surface area contributed by atoms with Crippen LogP contribution in [0.2, 0.25) is 0 Å². The third kappa shape index (κ3) is 6.54. The number of methoxy groups -OCH3 is 1. The van der Waals surface area contributed by atoms with Crippen LogP contribution in [0.4, 0.5) is 5.69 Å². The van der Waals surface area contributed by atoms with Gasteiger partial charge >= 0.3 is 0 Å². The Morgan fingerprint density at radius 2 is 1.71 bits per heavy atom. The lowest BCUT2D eigenvalue weighted by molar-refractivity contribution is -0.128. The van der Waals surface area contributed by atoms with Crippen LogP contribution in [0.15, 0.2) is 59.8 Å². The lowest BCUT2D eigenvalue weighted by atomic mass is 10.1. The van der Waals surface area contributed by atoms with Crippen LogP contribution >= 0.6 is 11.8 Å². The number of benzene rings is 2. The van der Waals surface area contributed by atoms with Crippen LogP contribution < -0.4 is 15.0 Å². The highest BCUT2D eigenvalue weighted by molar-refractivity contribution is 7.99. The standard InChI is InChI=1S/C25H30N6O3S/c1-29-22(17-26-23(32)16-19-8-10-21(34-2)11-9-19)27-28-25(29)35-18-24(33)31-14-12-30(13-15-31)20-6-4-3-5-7-20/h3-11H,12-18H2,1-2H3,(H,26,32). The van der Waals surface area contributed by atoms with Gasteiger partial charge in [-0.25, -0.2) is 0 Å². The van der Waals surface area contributed by atoms with E-state index in [2.05, 4.69) is 32.5 Å². The van der Waals surface area contributed by atoms with Crippen molar-refractivity contribution in [3.05, 3.63) is 66.0 Å². The molecule has 35 heavy (non-hydrogen) atoms. The van der Waals surface area contributed by atoms with Crippen molar-refractivity contribution < 1.29 is 14.3 Å². The second-order valence-electron chi connectivity index (χ2n) is 8.25. The Labute approximate surface area is 209 Å². The van der Waals surface area contributed by atoms with Gasteiger partial charge < -0.3 is 24.4 Å². The zero-order valence-electron chi connectivity index (χ0n) is 20.0. The first-order chi connectivity index (χ1) is 17.0. The van der Waals surface area contributed by atoms with Crippen LogP contribution in [0.3, 0.4) is 0 Å². The predicted octanol–water partition coefficient (Wildman–Crippen LogP) is 2.12. The van der Waals surface area contributed by atoms with Gasteiger partial charge in [0.05, 0.1) is 25.8 Å². The number of thioether (sulfide) groups is 1. The maximum atomic E-state index is 12.7. The maximum absolute atomic E-state index is 12.7. The van der Waals surface area contributed by atoms with Gasteiger partial charge in [0.15, 0.2) is 11.0 Å². The van der Waals surface area contributed by atoms with Gasteiger partial charge in [0.2, 0.25) is 11.8 Å². The fraction of sp³-hybridized carbons (Fsp3) is 0.360. The summed E-state index contributed by atoms with van der Waals surface area (Å²) in [6.45, 7) is 3.33. The number of amides is 2. The SMILES string of the molecule is COc1ccc(CC(=O)NCc2nnc(SCC(=O)N3CCN(c4ccccc4)CC3)n2C)cc1. The first-order valence-corrected chi connectivity index (χ1v) is 12.5. The summed E-state index contributed by atoms with van der Waals surface area (Å²) >= 11 is 1.37. The van der Waals surface area contributed by atoms with Gasteiger partial charge in [-0.2, -0.15) is 0 Å². The van der Waals surface area contributed by atoms with Crippen molar-refractivity contribution in [3.8, 4) is 5.75 Å². The van der Waals surface area contributed by atoms with Gasteiger partial charge in [-0.15, -0.1) is 10.2 Å². The number of aromatic nitrogens is 3. The Balaban J connectivity index is 1.21. The molecule has 184 valence electrons. The molecule has 0 aliphatic carbocycles. The summed E-state index contributed by atoms with van der Waals surface area (Å²) in [6.07, 6.45) is 0.273. The fourth-order valence-electron chi connectivity index (χ4n) is 3.86. The summed E-state index contributed by atoms with van der Waals surface area (Å²) in [6, 6.07) is 17.7. The summed E-state index contributed by atoms with van der Waals surface area (Å²) in [5.74, 6) is 1.70. The number of anilines is 1. The van der Waals surface area contributed by atoms with Gasteiger partial charge in [-0.3, -0.25) is 9.59 Å². The van der Waals surface area contributed by atoms with Gasteiger partial charge in [0.1, 0.15) is 5.75 Å². The van der Waals surface area contributed by atoms with Gasteiger partial charge in [0, 0.05) is 38.9 Å².